The van der Waals surface area contributed by atoms with E-state index in [4.69, 9.17) is 20.8 Å². The van der Waals surface area contributed by atoms with Gasteiger partial charge in [0.1, 0.15) is 16.5 Å². The standard InChI is InChI=1S/C24H23ClN4O3S/c1-3-13-29(14-21-27-28-22(32-21)18-7-5-6-8-19(18)25)24(30)20-15-33-23(26-20)16-9-11-17(12-10-16)31-4-2/h5-12,15H,3-4,13-14H2,1-2H3. The summed E-state index contributed by atoms with van der Waals surface area (Å²) in [6, 6.07) is 14.9. The molecule has 0 spiro atoms. The largest absolute Gasteiger partial charge is 0.494 e. The van der Waals surface area contributed by atoms with Crippen molar-refractivity contribution in [2.24, 2.45) is 0 Å². The first-order chi connectivity index (χ1) is 16.1. The van der Waals surface area contributed by atoms with Crippen molar-refractivity contribution in [3.05, 3.63) is 70.5 Å². The summed E-state index contributed by atoms with van der Waals surface area (Å²) in [4.78, 5) is 19.4. The Labute approximate surface area is 201 Å². The molecule has 9 heteroatoms. The van der Waals surface area contributed by atoms with Gasteiger partial charge < -0.3 is 14.1 Å². The Hall–Kier alpha value is -3.23. The molecule has 7 nitrogen and oxygen atoms in total. The van der Waals surface area contributed by atoms with E-state index in [-0.39, 0.29) is 12.5 Å². The number of ether oxygens (including phenoxy) is 1. The molecule has 1 amide bonds. The van der Waals surface area contributed by atoms with Crippen LogP contribution in [-0.2, 0) is 6.54 Å². The first-order valence-corrected chi connectivity index (χ1v) is 11.9. The highest BCUT2D eigenvalue weighted by Gasteiger charge is 2.22. The molecule has 0 aliphatic carbocycles. The molecule has 0 aliphatic rings. The maximum Gasteiger partial charge on any atom is 0.273 e. The average molecular weight is 483 g/mol. The summed E-state index contributed by atoms with van der Waals surface area (Å²) >= 11 is 7.65. The van der Waals surface area contributed by atoms with Crippen LogP contribution in [0.5, 0.6) is 5.75 Å². The van der Waals surface area contributed by atoms with Crippen LogP contribution in [0.4, 0.5) is 0 Å². The van der Waals surface area contributed by atoms with Crippen LogP contribution in [0.25, 0.3) is 22.0 Å². The zero-order valence-electron chi connectivity index (χ0n) is 18.3. The molecule has 0 saturated carbocycles. The lowest BCUT2D eigenvalue weighted by atomic mass is 10.2. The lowest BCUT2D eigenvalue weighted by Crippen LogP contribution is -2.31. The molecule has 0 aliphatic heterocycles. The molecule has 0 saturated heterocycles. The van der Waals surface area contributed by atoms with Crippen molar-refractivity contribution >= 4 is 28.8 Å². The van der Waals surface area contributed by atoms with Crippen LogP contribution in [0.2, 0.25) is 5.02 Å². The number of halogens is 1. The fourth-order valence-electron chi connectivity index (χ4n) is 3.27. The van der Waals surface area contributed by atoms with E-state index in [1.165, 1.54) is 11.3 Å². The topological polar surface area (TPSA) is 81.4 Å². The summed E-state index contributed by atoms with van der Waals surface area (Å²) < 4.78 is 11.3. The van der Waals surface area contributed by atoms with Crippen molar-refractivity contribution in [3.63, 3.8) is 0 Å². The van der Waals surface area contributed by atoms with E-state index in [0.717, 1.165) is 22.7 Å². The second-order valence-electron chi connectivity index (χ2n) is 7.20. The Morgan fingerprint density at radius 3 is 2.64 bits per heavy atom. The molecule has 2 heterocycles. The molecule has 0 N–H and O–H groups in total. The summed E-state index contributed by atoms with van der Waals surface area (Å²) in [6.07, 6.45) is 0.785. The van der Waals surface area contributed by atoms with E-state index in [2.05, 4.69) is 15.2 Å². The number of hydrogen-bond donors (Lipinski definition) is 0. The van der Waals surface area contributed by atoms with E-state index in [0.29, 0.717) is 41.2 Å². The van der Waals surface area contributed by atoms with Gasteiger partial charge in [-0.2, -0.15) is 0 Å². The Bertz CT molecular complexity index is 1220. The number of nitrogens with zero attached hydrogens (tertiary/aromatic N) is 4. The van der Waals surface area contributed by atoms with Crippen molar-refractivity contribution in [1.82, 2.24) is 20.1 Å². The number of thiazole rings is 1. The van der Waals surface area contributed by atoms with Gasteiger partial charge in [0.25, 0.3) is 5.91 Å². The molecule has 0 unspecified atom stereocenters. The highest BCUT2D eigenvalue weighted by atomic mass is 35.5. The van der Waals surface area contributed by atoms with Gasteiger partial charge in [-0.05, 0) is 49.7 Å². The minimum Gasteiger partial charge on any atom is -0.494 e. The smallest absolute Gasteiger partial charge is 0.273 e. The summed E-state index contributed by atoms with van der Waals surface area (Å²) in [7, 11) is 0. The lowest BCUT2D eigenvalue weighted by Gasteiger charge is -2.19. The number of carbonyl (C=O) groups is 1. The minimum absolute atomic E-state index is 0.178. The van der Waals surface area contributed by atoms with Gasteiger partial charge >= 0.3 is 0 Å². The Morgan fingerprint density at radius 2 is 1.91 bits per heavy atom. The van der Waals surface area contributed by atoms with Crippen LogP contribution in [0.1, 0.15) is 36.6 Å². The third-order valence-corrected chi connectivity index (χ3v) is 6.03. The summed E-state index contributed by atoms with van der Waals surface area (Å²) in [5.74, 6) is 1.29. The highest BCUT2D eigenvalue weighted by molar-refractivity contribution is 7.13. The number of benzene rings is 2. The van der Waals surface area contributed by atoms with Gasteiger partial charge in [-0.15, -0.1) is 21.5 Å². The quantitative estimate of drug-likeness (QED) is 0.292. The maximum atomic E-state index is 13.2. The van der Waals surface area contributed by atoms with E-state index in [1.54, 1.807) is 16.3 Å². The van der Waals surface area contributed by atoms with Crippen LogP contribution in [0.15, 0.2) is 58.3 Å². The molecular formula is C24H23ClN4O3S. The van der Waals surface area contributed by atoms with Crippen molar-refractivity contribution in [2.45, 2.75) is 26.8 Å². The van der Waals surface area contributed by atoms with Gasteiger partial charge in [-0.1, -0.05) is 30.7 Å². The number of aromatic nitrogens is 3. The molecule has 2 aromatic carbocycles. The van der Waals surface area contributed by atoms with Crippen LogP contribution in [-0.4, -0.2) is 39.1 Å². The molecule has 0 atom stereocenters. The molecular weight excluding hydrogens is 460 g/mol. The van der Waals surface area contributed by atoms with Gasteiger partial charge in [0.15, 0.2) is 0 Å². The molecule has 0 radical (unpaired) electrons. The lowest BCUT2D eigenvalue weighted by molar-refractivity contribution is 0.0723. The number of hydrogen-bond acceptors (Lipinski definition) is 7. The average Bonchev–Trinajstić information content (AvgIpc) is 3.50. The van der Waals surface area contributed by atoms with Gasteiger partial charge in [0.05, 0.1) is 23.7 Å². The molecule has 33 heavy (non-hydrogen) atoms. The summed E-state index contributed by atoms with van der Waals surface area (Å²) in [5, 5.41) is 11.3. The third-order valence-electron chi connectivity index (χ3n) is 4.81. The Kier molecular flexibility index (Phi) is 7.36. The molecule has 4 rings (SSSR count). The summed E-state index contributed by atoms with van der Waals surface area (Å²) in [6.45, 7) is 5.30. The van der Waals surface area contributed by atoms with Crippen molar-refractivity contribution in [1.29, 1.82) is 0 Å². The van der Waals surface area contributed by atoms with E-state index < -0.39 is 0 Å². The van der Waals surface area contributed by atoms with Crippen LogP contribution in [0.3, 0.4) is 0 Å². The van der Waals surface area contributed by atoms with Crippen molar-refractivity contribution in [3.8, 4) is 27.8 Å². The number of amides is 1. The number of rotatable bonds is 9. The van der Waals surface area contributed by atoms with Gasteiger partial charge in [-0.3, -0.25) is 4.79 Å². The molecule has 0 fully saturated rings. The van der Waals surface area contributed by atoms with Crippen molar-refractivity contribution in [2.75, 3.05) is 13.2 Å². The third kappa shape index (κ3) is 5.40. The maximum absolute atomic E-state index is 13.2. The second-order valence-corrected chi connectivity index (χ2v) is 8.47. The SMILES string of the molecule is CCCN(Cc1nnc(-c2ccccc2Cl)o1)C(=O)c1csc(-c2ccc(OCC)cc2)n1. The minimum atomic E-state index is -0.178. The van der Waals surface area contributed by atoms with Crippen molar-refractivity contribution < 1.29 is 13.9 Å². The molecule has 2 aromatic heterocycles. The molecule has 4 aromatic rings. The first-order valence-electron chi connectivity index (χ1n) is 10.6. The highest BCUT2D eigenvalue weighted by Crippen LogP contribution is 2.28. The first kappa shape index (κ1) is 22.9. The predicted molar refractivity (Wildman–Crippen MR) is 128 cm³/mol. The Morgan fingerprint density at radius 1 is 1.12 bits per heavy atom. The van der Waals surface area contributed by atoms with E-state index in [9.17, 15) is 4.79 Å². The van der Waals surface area contributed by atoms with E-state index in [1.807, 2.05) is 56.3 Å². The monoisotopic (exact) mass is 482 g/mol. The van der Waals surface area contributed by atoms with Gasteiger partial charge in [0, 0.05) is 17.5 Å². The van der Waals surface area contributed by atoms with Crippen LogP contribution in [0, 0.1) is 0 Å². The zero-order chi connectivity index (χ0) is 23.2. The van der Waals surface area contributed by atoms with E-state index >= 15 is 0 Å². The zero-order valence-corrected chi connectivity index (χ0v) is 19.9. The molecule has 170 valence electrons. The van der Waals surface area contributed by atoms with Gasteiger partial charge in [0.2, 0.25) is 11.8 Å². The van der Waals surface area contributed by atoms with Gasteiger partial charge in [-0.25, -0.2) is 4.98 Å². The second kappa shape index (κ2) is 10.6. The Balaban J connectivity index is 1.49. The number of carbonyl (C=O) groups excluding carboxylic acids is 1. The fourth-order valence-corrected chi connectivity index (χ4v) is 4.29. The molecule has 0 bridgehead atoms. The van der Waals surface area contributed by atoms with Crippen LogP contribution < -0.4 is 4.74 Å². The predicted octanol–water partition coefficient (Wildman–Crippen LogP) is 5.96. The fraction of sp³-hybridized carbons (Fsp3) is 0.250. The normalized spacial score (nSPS) is 10.9. The summed E-state index contributed by atoms with van der Waals surface area (Å²) in [5.41, 5.74) is 1.99. The van der Waals surface area contributed by atoms with Crippen LogP contribution >= 0.6 is 22.9 Å².